The molecule has 2 N–H and O–H groups in total. The van der Waals surface area contributed by atoms with E-state index in [1.165, 1.54) is 13.2 Å². The molecule has 2 aliphatic rings. The second-order valence-electron chi connectivity index (χ2n) is 10.2. The number of unbranched alkanes of at least 4 members (excludes halogenated alkanes) is 5. The van der Waals surface area contributed by atoms with E-state index in [9.17, 15) is 19.8 Å². The molecule has 0 saturated carbocycles. The van der Waals surface area contributed by atoms with Crippen LogP contribution in [-0.4, -0.2) is 73.0 Å². The van der Waals surface area contributed by atoms with E-state index in [1.54, 1.807) is 6.92 Å². The van der Waals surface area contributed by atoms with Crippen molar-refractivity contribution in [1.29, 1.82) is 0 Å². The molecule has 0 bridgehead atoms. The number of methoxy groups -OCH3 is 1. The summed E-state index contributed by atoms with van der Waals surface area (Å²) in [4.78, 5) is 23.1. The van der Waals surface area contributed by atoms with Gasteiger partial charge in [-0.15, -0.1) is 0 Å². The summed E-state index contributed by atoms with van der Waals surface area (Å²) in [7, 11) is 1.40. The Hall–Kier alpha value is -1.48. The first kappa shape index (κ1) is 29.7. The molecule has 35 heavy (non-hydrogen) atoms. The molecule has 7 atom stereocenters. The van der Waals surface area contributed by atoms with Gasteiger partial charge in [-0.2, -0.15) is 0 Å². The average molecular weight is 499 g/mol. The molecule has 2 fully saturated rings. The molecule has 0 aromatic heterocycles. The van der Waals surface area contributed by atoms with Crippen molar-refractivity contribution in [2.24, 2.45) is 11.8 Å². The number of esters is 2. The molecular weight excluding hydrogens is 452 g/mol. The summed E-state index contributed by atoms with van der Waals surface area (Å²) in [6, 6.07) is 0. The van der Waals surface area contributed by atoms with E-state index >= 15 is 0 Å². The third-order valence-corrected chi connectivity index (χ3v) is 7.23. The fraction of sp³-hybridized carbons (Fsp3) is 0.852. The quantitative estimate of drug-likeness (QED) is 0.143. The van der Waals surface area contributed by atoms with Gasteiger partial charge < -0.3 is 29.2 Å². The Labute approximate surface area is 210 Å². The van der Waals surface area contributed by atoms with Crippen molar-refractivity contribution >= 4 is 11.9 Å². The van der Waals surface area contributed by atoms with Crippen LogP contribution in [0.5, 0.6) is 0 Å². The van der Waals surface area contributed by atoms with Crippen LogP contribution < -0.4 is 0 Å². The summed E-state index contributed by atoms with van der Waals surface area (Å²) < 4.78 is 21.5. The highest BCUT2D eigenvalue weighted by Gasteiger charge is 2.47. The molecule has 0 aromatic rings. The molecule has 2 heterocycles. The molecule has 0 aromatic carbocycles. The number of rotatable bonds is 16. The minimum atomic E-state index is -0.999. The summed E-state index contributed by atoms with van der Waals surface area (Å²) in [5, 5.41) is 21.2. The number of hydrogen-bond donors (Lipinski definition) is 2. The molecule has 0 spiro atoms. The number of carbonyl (C=O) groups is 2. The highest BCUT2D eigenvalue weighted by molar-refractivity contribution is 5.82. The summed E-state index contributed by atoms with van der Waals surface area (Å²) in [6.07, 6.45) is 7.70. The van der Waals surface area contributed by atoms with Crippen molar-refractivity contribution < 1.29 is 38.7 Å². The van der Waals surface area contributed by atoms with Crippen molar-refractivity contribution in [1.82, 2.24) is 0 Å². The summed E-state index contributed by atoms with van der Waals surface area (Å²) in [6.45, 7) is 6.85. The standard InChI is InChI=1S/C27H46O8/c1-5-19(3)27-22(35-27)16-20-17-34-21(26(31)25(20)30)14-18(2)15-24(29)33-13-11-9-7-6-8-10-12-23(28)32-4/h15,19-22,25-27,30-31H,5-14,16-17H2,1-4H3/b18-15+/t19-,20-,21-,22-,25+,26?,27-/m0/s1. The van der Waals surface area contributed by atoms with Gasteiger partial charge in [-0.05, 0) is 38.5 Å². The number of hydrogen-bond acceptors (Lipinski definition) is 8. The Bertz CT molecular complexity index is 678. The van der Waals surface area contributed by atoms with Gasteiger partial charge in [-0.25, -0.2) is 4.79 Å². The van der Waals surface area contributed by atoms with Crippen molar-refractivity contribution in [3.05, 3.63) is 11.6 Å². The van der Waals surface area contributed by atoms with Crippen molar-refractivity contribution in [2.45, 2.75) is 115 Å². The summed E-state index contributed by atoms with van der Waals surface area (Å²) in [5.41, 5.74) is 0.748. The predicted molar refractivity (Wildman–Crippen MR) is 132 cm³/mol. The van der Waals surface area contributed by atoms with Crippen molar-refractivity contribution in [2.75, 3.05) is 20.3 Å². The first-order valence-electron chi connectivity index (χ1n) is 13.3. The van der Waals surface area contributed by atoms with Gasteiger partial charge in [0.15, 0.2) is 0 Å². The van der Waals surface area contributed by atoms with Crippen LogP contribution in [0, 0.1) is 11.8 Å². The zero-order valence-corrected chi connectivity index (χ0v) is 21.9. The SMILES string of the molecule is CC[C@H](C)[C@@H]1O[C@H]1C[C@H]1CO[C@@H](C/C(C)=C/C(=O)OCCCCCCCCC(=O)OC)C(O)[C@@H]1O. The maximum absolute atomic E-state index is 12.1. The largest absolute Gasteiger partial charge is 0.469 e. The van der Waals surface area contributed by atoms with Crippen LogP contribution in [0.4, 0.5) is 0 Å². The number of aliphatic hydroxyl groups excluding tert-OH is 2. The molecule has 2 aliphatic heterocycles. The molecule has 202 valence electrons. The topological polar surface area (TPSA) is 115 Å². The lowest BCUT2D eigenvalue weighted by molar-refractivity contribution is -0.165. The van der Waals surface area contributed by atoms with Crippen LogP contribution in [-0.2, 0) is 28.5 Å². The Morgan fingerprint density at radius 1 is 1.06 bits per heavy atom. The Morgan fingerprint density at radius 2 is 1.74 bits per heavy atom. The third-order valence-electron chi connectivity index (χ3n) is 7.23. The van der Waals surface area contributed by atoms with Gasteiger partial charge in [-0.3, -0.25) is 4.79 Å². The van der Waals surface area contributed by atoms with Crippen LogP contribution in [0.3, 0.4) is 0 Å². The van der Waals surface area contributed by atoms with E-state index < -0.39 is 24.3 Å². The van der Waals surface area contributed by atoms with E-state index in [1.807, 2.05) is 0 Å². The fourth-order valence-corrected chi connectivity index (χ4v) is 4.68. The van der Waals surface area contributed by atoms with E-state index in [4.69, 9.17) is 14.2 Å². The Morgan fingerprint density at radius 3 is 2.43 bits per heavy atom. The van der Waals surface area contributed by atoms with Crippen LogP contribution in [0.15, 0.2) is 11.6 Å². The third kappa shape index (κ3) is 10.6. The predicted octanol–water partition coefficient (Wildman–Crippen LogP) is 3.71. The maximum Gasteiger partial charge on any atom is 0.330 e. The second-order valence-corrected chi connectivity index (χ2v) is 10.2. The van der Waals surface area contributed by atoms with Gasteiger partial charge in [0.1, 0.15) is 6.10 Å². The van der Waals surface area contributed by atoms with E-state index in [0.29, 0.717) is 38.4 Å². The number of epoxide rings is 1. The molecule has 2 saturated heterocycles. The van der Waals surface area contributed by atoms with Gasteiger partial charge in [0.2, 0.25) is 0 Å². The summed E-state index contributed by atoms with van der Waals surface area (Å²) >= 11 is 0. The minimum absolute atomic E-state index is 0.139. The molecule has 0 amide bonds. The minimum Gasteiger partial charge on any atom is -0.469 e. The number of aliphatic hydroxyl groups is 2. The number of carbonyl (C=O) groups excluding carboxylic acids is 2. The maximum atomic E-state index is 12.1. The Kier molecular flexibility index (Phi) is 13.3. The molecule has 8 nitrogen and oxygen atoms in total. The molecule has 2 rings (SSSR count). The fourth-order valence-electron chi connectivity index (χ4n) is 4.68. The van der Waals surface area contributed by atoms with Gasteiger partial charge in [-0.1, -0.05) is 51.5 Å². The molecular formula is C27H46O8. The summed E-state index contributed by atoms with van der Waals surface area (Å²) in [5.74, 6) is -0.214. The van der Waals surface area contributed by atoms with Crippen LogP contribution in [0.1, 0.15) is 85.0 Å². The van der Waals surface area contributed by atoms with Crippen LogP contribution in [0.25, 0.3) is 0 Å². The van der Waals surface area contributed by atoms with Gasteiger partial charge in [0, 0.05) is 18.4 Å². The first-order chi connectivity index (χ1) is 16.8. The first-order valence-corrected chi connectivity index (χ1v) is 13.3. The monoisotopic (exact) mass is 498 g/mol. The molecule has 8 heteroatoms. The zero-order valence-electron chi connectivity index (χ0n) is 21.9. The van der Waals surface area contributed by atoms with Crippen molar-refractivity contribution in [3.63, 3.8) is 0 Å². The van der Waals surface area contributed by atoms with E-state index in [-0.39, 0.29) is 24.1 Å². The Balaban J connectivity index is 1.58. The van der Waals surface area contributed by atoms with Crippen LogP contribution in [0.2, 0.25) is 0 Å². The van der Waals surface area contributed by atoms with E-state index in [2.05, 4.69) is 18.6 Å². The molecule has 1 unspecified atom stereocenters. The number of ether oxygens (including phenoxy) is 4. The smallest absolute Gasteiger partial charge is 0.330 e. The van der Waals surface area contributed by atoms with Crippen LogP contribution >= 0.6 is 0 Å². The second kappa shape index (κ2) is 15.6. The lowest BCUT2D eigenvalue weighted by atomic mass is 9.85. The average Bonchev–Trinajstić information content (AvgIpc) is 3.61. The molecule has 0 radical (unpaired) electrons. The lowest BCUT2D eigenvalue weighted by Gasteiger charge is -2.37. The van der Waals surface area contributed by atoms with Gasteiger partial charge >= 0.3 is 11.9 Å². The van der Waals surface area contributed by atoms with Gasteiger partial charge in [0.25, 0.3) is 0 Å². The highest BCUT2D eigenvalue weighted by Crippen LogP contribution is 2.38. The zero-order chi connectivity index (χ0) is 25.8. The lowest BCUT2D eigenvalue weighted by Crippen LogP contribution is -2.50. The normalized spacial score (nSPS) is 29.5. The van der Waals surface area contributed by atoms with E-state index in [0.717, 1.165) is 50.5 Å². The van der Waals surface area contributed by atoms with Gasteiger partial charge in [0.05, 0.1) is 44.7 Å². The highest BCUT2D eigenvalue weighted by atomic mass is 16.6. The van der Waals surface area contributed by atoms with Crippen molar-refractivity contribution in [3.8, 4) is 0 Å². The molecule has 0 aliphatic carbocycles.